The smallest absolute Gasteiger partial charge is 0.120 e. The predicted molar refractivity (Wildman–Crippen MR) is 65.2 cm³/mol. The molecule has 0 aromatic carbocycles. The Morgan fingerprint density at radius 1 is 1.44 bits per heavy atom. The van der Waals surface area contributed by atoms with Crippen LogP contribution in [0.4, 0.5) is 0 Å². The van der Waals surface area contributed by atoms with Crippen molar-refractivity contribution in [2.24, 2.45) is 5.41 Å². The lowest BCUT2D eigenvalue weighted by Gasteiger charge is -2.27. The van der Waals surface area contributed by atoms with Crippen LogP contribution in [0.2, 0.25) is 0 Å². The second-order valence-electron chi connectivity index (χ2n) is 5.55. The SMILES string of the molecule is C[C@H](N[C@H](CO)CC(C)(C)C)c1ccco1. The minimum atomic E-state index is 0.111. The molecular weight excluding hydrogens is 202 g/mol. The topological polar surface area (TPSA) is 45.4 Å². The number of hydrogen-bond acceptors (Lipinski definition) is 3. The molecule has 16 heavy (non-hydrogen) atoms. The van der Waals surface area contributed by atoms with Gasteiger partial charge in [0, 0.05) is 6.04 Å². The van der Waals surface area contributed by atoms with E-state index in [0.29, 0.717) is 0 Å². The van der Waals surface area contributed by atoms with Crippen molar-refractivity contribution in [2.45, 2.75) is 46.2 Å². The van der Waals surface area contributed by atoms with Gasteiger partial charge in [0.25, 0.3) is 0 Å². The Labute approximate surface area is 97.9 Å². The first-order valence-electron chi connectivity index (χ1n) is 5.82. The Morgan fingerprint density at radius 3 is 2.56 bits per heavy atom. The monoisotopic (exact) mass is 225 g/mol. The summed E-state index contributed by atoms with van der Waals surface area (Å²) in [6.07, 6.45) is 2.61. The first-order chi connectivity index (χ1) is 7.42. The second-order valence-corrected chi connectivity index (χ2v) is 5.55. The van der Waals surface area contributed by atoms with Crippen LogP contribution in [0.1, 0.15) is 45.9 Å². The molecule has 92 valence electrons. The summed E-state index contributed by atoms with van der Waals surface area (Å²) in [6.45, 7) is 8.73. The highest BCUT2D eigenvalue weighted by Crippen LogP contribution is 2.22. The Bertz CT molecular complexity index is 287. The van der Waals surface area contributed by atoms with Gasteiger partial charge in [-0.15, -0.1) is 0 Å². The third-order valence-electron chi connectivity index (χ3n) is 2.53. The van der Waals surface area contributed by atoms with Crippen LogP contribution in [0.15, 0.2) is 22.8 Å². The van der Waals surface area contributed by atoms with Gasteiger partial charge in [0.15, 0.2) is 0 Å². The van der Waals surface area contributed by atoms with Crippen molar-refractivity contribution in [3.05, 3.63) is 24.2 Å². The number of aliphatic hydroxyl groups is 1. The summed E-state index contributed by atoms with van der Waals surface area (Å²) >= 11 is 0. The molecule has 1 heterocycles. The Hall–Kier alpha value is -0.800. The molecule has 0 aliphatic carbocycles. The number of hydrogen-bond donors (Lipinski definition) is 2. The van der Waals surface area contributed by atoms with Crippen LogP contribution in [0.5, 0.6) is 0 Å². The third-order valence-corrected chi connectivity index (χ3v) is 2.53. The minimum absolute atomic E-state index is 0.111. The summed E-state index contributed by atoms with van der Waals surface area (Å²) in [5, 5.41) is 12.7. The summed E-state index contributed by atoms with van der Waals surface area (Å²) in [5.74, 6) is 0.910. The molecule has 0 saturated carbocycles. The van der Waals surface area contributed by atoms with Crippen LogP contribution in [0, 0.1) is 5.41 Å². The van der Waals surface area contributed by atoms with E-state index in [1.807, 2.05) is 19.1 Å². The molecule has 0 spiro atoms. The van der Waals surface area contributed by atoms with Gasteiger partial charge in [-0.1, -0.05) is 20.8 Å². The van der Waals surface area contributed by atoms with E-state index >= 15 is 0 Å². The molecule has 0 amide bonds. The highest BCUT2D eigenvalue weighted by atomic mass is 16.3. The number of rotatable bonds is 5. The zero-order valence-corrected chi connectivity index (χ0v) is 10.7. The van der Waals surface area contributed by atoms with Crippen molar-refractivity contribution in [3.63, 3.8) is 0 Å². The largest absolute Gasteiger partial charge is 0.468 e. The van der Waals surface area contributed by atoms with Gasteiger partial charge >= 0.3 is 0 Å². The Kier molecular flexibility index (Phi) is 4.56. The van der Waals surface area contributed by atoms with E-state index in [0.717, 1.165) is 12.2 Å². The molecule has 0 unspecified atom stereocenters. The van der Waals surface area contributed by atoms with Gasteiger partial charge < -0.3 is 14.8 Å². The molecule has 0 fully saturated rings. The van der Waals surface area contributed by atoms with Gasteiger partial charge in [0.05, 0.1) is 18.9 Å². The van der Waals surface area contributed by atoms with Gasteiger partial charge in [-0.05, 0) is 30.9 Å². The molecule has 3 nitrogen and oxygen atoms in total. The van der Waals surface area contributed by atoms with E-state index < -0.39 is 0 Å². The van der Waals surface area contributed by atoms with E-state index in [1.165, 1.54) is 0 Å². The molecule has 3 heteroatoms. The van der Waals surface area contributed by atoms with Gasteiger partial charge in [0.1, 0.15) is 5.76 Å². The molecule has 1 rings (SSSR count). The zero-order valence-electron chi connectivity index (χ0n) is 10.7. The zero-order chi connectivity index (χ0) is 12.2. The fourth-order valence-electron chi connectivity index (χ4n) is 1.89. The molecule has 0 aliphatic heterocycles. The van der Waals surface area contributed by atoms with Gasteiger partial charge in [-0.2, -0.15) is 0 Å². The summed E-state index contributed by atoms with van der Waals surface area (Å²) < 4.78 is 5.33. The lowest BCUT2D eigenvalue weighted by atomic mass is 9.88. The Morgan fingerprint density at radius 2 is 2.12 bits per heavy atom. The minimum Gasteiger partial charge on any atom is -0.468 e. The van der Waals surface area contributed by atoms with E-state index in [-0.39, 0.29) is 24.1 Å². The molecule has 0 radical (unpaired) electrons. The number of aliphatic hydroxyl groups excluding tert-OH is 1. The number of nitrogens with one attached hydrogen (secondary N) is 1. The highest BCUT2D eigenvalue weighted by Gasteiger charge is 2.20. The van der Waals surface area contributed by atoms with Crippen molar-refractivity contribution in [1.29, 1.82) is 0 Å². The first-order valence-corrected chi connectivity index (χ1v) is 5.82. The van der Waals surface area contributed by atoms with Crippen LogP contribution in [-0.2, 0) is 0 Å². The fourth-order valence-corrected chi connectivity index (χ4v) is 1.89. The molecule has 2 atom stereocenters. The first kappa shape index (κ1) is 13.3. The van der Waals surface area contributed by atoms with Crippen molar-refractivity contribution < 1.29 is 9.52 Å². The van der Waals surface area contributed by atoms with Crippen molar-refractivity contribution in [1.82, 2.24) is 5.32 Å². The normalized spacial score (nSPS) is 16.1. The molecule has 1 aromatic rings. The average molecular weight is 225 g/mol. The van der Waals surface area contributed by atoms with E-state index in [4.69, 9.17) is 4.42 Å². The van der Waals surface area contributed by atoms with Crippen molar-refractivity contribution in [3.8, 4) is 0 Å². The van der Waals surface area contributed by atoms with Crippen LogP contribution < -0.4 is 5.32 Å². The fraction of sp³-hybridized carbons (Fsp3) is 0.692. The highest BCUT2D eigenvalue weighted by molar-refractivity contribution is 5.03. The quantitative estimate of drug-likeness (QED) is 0.810. The van der Waals surface area contributed by atoms with Crippen LogP contribution in [0.3, 0.4) is 0 Å². The standard InChI is InChI=1S/C13H23NO2/c1-10(12-6-5-7-16-12)14-11(9-15)8-13(2,3)4/h5-7,10-11,14-15H,8-9H2,1-4H3/t10-,11-/m0/s1. The molecule has 1 aromatic heterocycles. The van der Waals surface area contributed by atoms with Gasteiger partial charge in [-0.25, -0.2) is 0 Å². The maximum atomic E-state index is 9.34. The van der Waals surface area contributed by atoms with Crippen LogP contribution >= 0.6 is 0 Å². The lowest BCUT2D eigenvalue weighted by Crippen LogP contribution is -2.37. The molecule has 0 aliphatic rings. The van der Waals surface area contributed by atoms with Crippen molar-refractivity contribution >= 4 is 0 Å². The maximum absolute atomic E-state index is 9.34. The van der Waals surface area contributed by atoms with Gasteiger partial charge in [-0.3, -0.25) is 0 Å². The summed E-state index contributed by atoms with van der Waals surface area (Å²) in [5.41, 5.74) is 0.212. The predicted octanol–water partition coefficient (Wildman–Crippen LogP) is 2.73. The maximum Gasteiger partial charge on any atom is 0.120 e. The second kappa shape index (κ2) is 5.51. The number of furan rings is 1. The molecule has 2 N–H and O–H groups in total. The molecule has 0 saturated heterocycles. The lowest BCUT2D eigenvalue weighted by molar-refractivity contribution is 0.186. The summed E-state index contributed by atoms with van der Waals surface area (Å²) in [6, 6.07) is 4.07. The van der Waals surface area contributed by atoms with Crippen LogP contribution in [0.25, 0.3) is 0 Å². The van der Waals surface area contributed by atoms with Crippen molar-refractivity contribution in [2.75, 3.05) is 6.61 Å². The third kappa shape index (κ3) is 4.37. The van der Waals surface area contributed by atoms with Crippen LogP contribution in [-0.4, -0.2) is 17.8 Å². The average Bonchev–Trinajstić information content (AvgIpc) is 2.67. The summed E-state index contributed by atoms with van der Waals surface area (Å²) in [7, 11) is 0. The van der Waals surface area contributed by atoms with E-state index in [9.17, 15) is 5.11 Å². The summed E-state index contributed by atoms with van der Waals surface area (Å²) in [4.78, 5) is 0. The molecule has 0 bridgehead atoms. The van der Waals surface area contributed by atoms with Gasteiger partial charge in [0.2, 0.25) is 0 Å². The Balaban J connectivity index is 2.50. The van der Waals surface area contributed by atoms with E-state index in [1.54, 1.807) is 6.26 Å². The van der Waals surface area contributed by atoms with E-state index in [2.05, 4.69) is 26.1 Å². The molecular formula is C13H23NO2.